The van der Waals surface area contributed by atoms with E-state index >= 15 is 0 Å². The topological polar surface area (TPSA) is 26.3 Å². The Labute approximate surface area is 78.5 Å². The average molecular weight is 178 g/mol. The van der Waals surface area contributed by atoms with Crippen LogP contribution in [0.3, 0.4) is 0 Å². The zero-order valence-corrected chi connectivity index (χ0v) is 7.82. The molecule has 0 unspecified atom stereocenters. The van der Waals surface area contributed by atoms with Gasteiger partial charge in [0.25, 0.3) is 0 Å². The van der Waals surface area contributed by atoms with Crippen LogP contribution in [0.5, 0.6) is 0 Å². The van der Waals surface area contributed by atoms with Crippen molar-refractivity contribution < 1.29 is 9.53 Å². The molecule has 2 nitrogen and oxygen atoms in total. The van der Waals surface area contributed by atoms with Gasteiger partial charge in [0.2, 0.25) is 0 Å². The Hall–Kier alpha value is -1.31. The van der Waals surface area contributed by atoms with Crippen LogP contribution in [0.15, 0.2) is 30.3 Å². The Morgan fingerprint density at radius 3 is 2.15 bits per heavy atom. The Morgan fingerprint density at radius 2 is 1.92 bits per heavy atom. The molecule has 1 heterocycles. The second kappa shape index (κ2) is 5.36. The van der Waals surface area contributed by atoms with E-state index in [0.29, 0.717) is 13.0 Å². The van der Waals surface area contributed by atoms with Gasteiger partial charge in [0.1, 0.15) is 0 Å². The maximum absolute atomic E-state index is 10.0. The molecule has 1 aromatic rings. The molecule has 13 heavy (non-hydrogen) atoms. The summed E-state index contributed by atoms with van der Waals surface area (Å²) in [6.07, 6.45) is 1.54. The molecule has 1 aromatic carbocycles. The molecule has 1 saturated heterocycles. The van der Waals surface area contributed by atoms with E-state index in [0.717, 1.165) is 6.42 Å². The van der Waals surface area contributed by atoms with E-state index in [1.165, 1.54) is 5.56 Å². The molecule has 2 heteroatoms. The van der Waals surface area contributed by atoms with Crippen LogP contribution in [0.2, 0.25) is 0 Å². The van der Waals surface area contributed by atoms with Crippen LogP contribution in [0.4, 0.5) is 0 Å². The molecule has 0 radical (unpaired) electrons. The molecule has 0 N–H and O–H groups in total. The van der Waals surface area contributed by atoms with Gasteiger partial charge in [-0.25, -0.2) is 0 Å². The third-order valence-electron chi connectivity index (χ3n) is 1.73. The molecule has 70 valence electrons. The fourth-order valence-electron chi connectivity index (χ4n) is 1.01. The molecule has 0 spiro atoms. The molecule has 0 amide bonds. The first-order chi connectivity index (χ1) is 6.29. The van der Waals surface area contributed by atoms with E-state index in [4.69, 9.17) is 0 Å². The first kappa shape index (κ1) is 9.78. The molecule has 0 aromatic heterocycles. The standard InChI is InChI=1S/C7H8.C4H6O2/c1-7-5-3-2-4-6-7;5-4-2-1-3-6-4/h2-6H,1H3;1-3H2. The molecule has 0 atom stereocenters. The van der Waals surface area contributed by atoms with Gasteiger partial charge in [-0.3, -0.25) is 4.79 Å². The SMILES string of the molecule is Cc1ccccc1.O=C1CCCO1. The quantitative estimate of drug-likeness (QED) is 0.570. The lowest BCUT2D eigenvalue weighted by atomic mass is 10.2. The number of hydrogen-bond acceptors (Lipinski definition) is 2. The lowest BCUT2D eigenvalue weighted by Crippen LogP contribution is -1.88. The summed E-state index contributed by atoms with van der Waals surface area (Å²) in [5.74, 6) is -0.0463. The number of aryl methyl sites for hydroxylation is 1. The summed E-state index contributed by atoms with van der Waals surface area (Å²) < 4.78 is 4.51. The minimum absolute atomic E-state index is 0.0463. The number of esters is 1. The van der Waals surface area contributed by atoms with E-state index in [1.807, 2.05) is 18.2 Å². The maximum Gasteiger partial charge on any atom is 0.305 e. The van der Waals surface area contributed by atoms with Crippen LogP contribution in [0, 0.1) is 6.92 Å². The van der Waals surface area contributed by atoms with Crippen LogP contribution in [0.1, 0.15) is 18.4 Å². The van der Waals surface area contributed by atoms with Gasteiger partial charge in [0.15, 0.2) is 0 Å². The summed E-state index contributed by atoms with van der Waals surface area (Å²) in [6, 6.07) is 10.3. The van der Waals surface area contributed by atoms with Crippen LogP contribution < -0.4 is 0 Å². The number of carbonyl (C=O) groups is 1. The first-order valence-corrected chi connectivity index (χ1v) is 4.46. The molecule has 1 fully saturated rings. The van der Waals surface area contributed by atoms with Gasteiger partial charge in [0, 0.05) is 6.42 Å². The Kier molecular flexibility index (Phi) is 4.03. The van der Waals surface area contributed by atoms with E-state index in [1.54, 1.807) is 0 Å². The van der Waals surface area contributed by atoms with Crippen LogP contribution in [-0.4, -0.2) is 12.6 Å². The van der Waals surface area contributed by atoms with Crippen LogP contribution in [-0.2, 0) is 9.53 Å². The Morgan fingerprint density at radius 1 is 1.23 bits per heavy atom. The first-order valence-electron chi connectivity index (χ1n) is 4.46. The monoisotopic (exact) mass is 178 g/mol. The van der Waals surface area contributed by atoms with Gasteiger partial charge in [-0.05, 0) is 13.3 Å². The number of carbonyl (C=O) groups excluding carboxylic acids is 1. The second-order valence-corrected chi connectivity index (χ2v) is 2.98. The average Bonchev–Trinajstić information content (AvgIpc) is 2.58. The van der Waals surface area contributed by atoms with Crippen molar-refractivity contribution in [3.63, 3.8) is 0 Å². The molecular formula is C11H14O2. The lowest BCUT2D eigenvalue weighted by molar-refractivity contribution is -0.137. The summed E-state index contributed by atoms with van der Waals surface area (Å²) in [5.41, 5.74) is 1.32. The van der Waals surface area contributed by atoms with Gasteiger partial charge in [-0.2, -0.15) is 0 Å². The van der Waals surface area contributed by atoms with Gasteiger partial charge in [0.05, 0.1) is 6.61 Å². The molecule has 1 aliphatic rings. The predicted molar refractivity (Wildman–Crippen MR) is 51.4 cm³/mol. The highest BCUT2D eigenvalue weighted by atomic mass is 16.5. The predicted octanol–water partition coefficient (Wildman–Crippen LogP) is 2.32. The zero-order valence-electron chi connectivity index (χ0n) is 7.82. The third-order valence-corrected chi connectivity index (χ3v) is 1.73. The highest BCUT2D eigenvalue weighted by molar-refractivity contribution is 5.70. The third kappa shape index (κ3) is 4.31. The van der Waals surface area contributed by atoms with Crippen molar-refractivity contribution in [3.05, 3.63) is 35.9 Å². The fourth-order valence-corrected chi connectivity index (χ4v) is 1.01. The normalized spacial score (nSPS) is 14.4. The van der Waals surface area contributed by atoms with Crippen LogP contribution in [0.25, 0.3) is 0 Å². The van der Waals surface area contributed by atoms with Gasteiger partial charge in [-0.1, -0.05) is 35.9 Å². The van der Waals surface area contributed by atoms with Crippen LogP contribution >= 0.6 is 0 Å². The number of rotatable bonds is 0. The van der Waals surface area contributed by atoms with Crippen molar-refractivity contribution in [1.29, 1.82) is 0 Å². The highest BCUT2D eigenvalue weighted by Gasteiger charge is 2.08. The van der Waals surface area contributed by atoms with E-state index in [9.17, 15) is 4.79 Å². The van der Waals surface area contributed by atoms with Gasteiger partial charge >= 0.3 is 5.97 Å². The fraction of sp³-hybridized carbons (Fsp3) is 0.364. The van der Waals surface area contributed by atoms with Crippen molar-refractivity contribution in [1.82, 2.24) is 0 Å². The number of hydrogen-bond donors (Lipinski definition) is 0. The van der Waals surface area contributed by atoms with Crippen molar-refractivity contribution in [3.8, 4) is 0 Å². The van der Waals surface area contributed by atoms with Crippen molar-refractivity contribution >= 4 is 5.97 Å². The van der Waals surface area contributed by atoms with E-state index in [2.05, 4.69) is 23.8 Å². The number of cyclic esters (lactones) is 1. The maximum atomic E-state index is 10.0. The summed E-state index contributed by atoms with van der Waals surface area (Å²) in [7, 11) is 0. The summed E-state index contributed by atoms with van der Waals surface area (Å²) in [5, 5.41) is 0. The molecule has 0 bridgehead atoms. The summed E-state index contributed by atoms with van der Waals surface area (Å²) in [6.45, 7) is 2.72. The highest BCUT2D eigenvalue weighted by Crippen LogP contribution is 2.01. The lowest BCUT2D eigenvalue weighted by Gasteiger charge is -1.82. The van der Waals surface area contributed by atoms with Gasteiger partial charge in [-0.15, -0.1) is 0 Å². The summed E-state index contributed by atoms with van der Waals surface area (Å²) in [4.78, 5) is 10.0. The second-order valence-electron chi connectivity index (χ2n) is 2.98. The summed E-state index contributed by atoms with van der Waals surface area (Å²) >= 11 is 0. The van der Waals surface area contributed by atoms with Crippen molar-refractivity contribution in [2.24, 2.45) is 0 Å². The van der Waals surface area contributed by atoms with E-state index < -0.39 is 0 Å². The van der Waals surface area contributed by atoms with E-state index in [-0.39, 0.29) is 5.97 Å². The molecule has 2 rings (SSSR count). The zero-order chi connectivity index (χ0) is 9.52. The minimum atomic E-state index is -0.0463. The molecule has 0 aliphatic carbocycles. The Balaban J connectivity index is 0.000000132. The van der Waals surface area contributed by atoms with Gasteiger partial charge < -0.3 is 4.74 Å². The molecule has 0 saturated carbocycles. The smallest absolute Gasteiger partial charge is 0.305 e. The molecular weight excluding hydrogens is 164 g/mol. The molecule has 1 aliphatic heterocycles. The largest absolute Gasteiger partial charge is 0.466 e. The van der Waals surface area contributed by atoms with Crippen molar-refractivity contribution in [2.45, 2.75) is 19.8 Å². The number of benzene rings is 1. The Bertz CT molecular complexity index is 246. The minimum Gasteiger partial charge on any atom is -0.466 e. The van der Waals surface area contributed by atoms with Crippen molar-refractivity contribution in [2.75, 3.05) is 6.61 Å². The number of ether oxygens (including phenoxy) is 1.